The Bertz CT molecular complexity index is 256. The lowest BCUT2D eigenvalue weighted by Crippen LogP contribution is -2.55. The Morgan fingerprint density at radius 2 is 1.70 bits per heavy atom. The van der Waals surface area contributed by atoms with Gasteiger partial charge in [-0.05, 0) is 46.1 Å². The van der Waals surface area contributed by atoms with Gasteiger partial charge in [0.1, 0.15) is 0 Å². The molecule has 0 saturated heterocycles. The van der Waals surface area contributed by atoms with Crippen molar-refractivity contribution in [1.29, 1.82) is 0 Å². The van der Waals surface area contributed by atoms with Gasteiger partial charge in [0.05, 0.1) is 0 Å². The van der Waals surface area contributed by atoms with E-state index in [0.717, 1.165) is 25.8 Å². The van der Waals surface area contributed by atoms with E-state index in [1.807, 2.05) is 6.92 Å². The lowest BCUT2D eigenvalue weighted by atomic mass is 9.90. The van der Waals surface area contributed by atoms with Crippen LogP contribution in [0.5, 0.6) is 0 Å². The second kappa shape index (κ2) is 8.88. The molecule has 2 atom stereocenters. The third kappa shape index (κ3) is 6.93. The number of nitrogens with zero attached hydrogens (tertiary/aromatic N) is 1. The van der Waals surface area contributed by atoms with Crippen molar-refractivity contribution in [2.45, 2.75) is 84.0 Å². The molecule has 0 spiro atoms. The highest BCUT2D eigenvalue weighted by molar-refractivity contribution is 4.90. The smallest absolute Gasteiger partial charge is 0.329 e. The maximum absolute atomic E-state index is 12.3. The van der Waals surface area contributed by atoms with Gasteiger partial charge in [-0.15, -0.1) is 0 Å². The first-order valence-electron chi connectivity index (χ1n) is 7.73. The number of hydrogen-bond donors (Lipinski definition) is 1. The number of unbranched alkanes of at least 4 members (excludes halogenated alkanes) is 1. The summed E-state index contributed by atoms with van der Waals surface area (Å²) >= 11 is 0. The predicted molar refractivity (Wildman–Crippen MR) is 78.7 cm³/mol. The van der Waals surface area contributed by atoms with Gasteiger partial charge in [0.2, 0.25) is 0 Å². The van der Waals surface area contributed by atoms with Crippen molar-refractivity contribution in [2.24, 2.45) is 5.73 Å². The topological polar surface area (TPSA) is 29.3 Å². The van der Waals surface area contributed by atoms with Crippen LogP contribution in [0.25, 0.3) is 0 Å². The maximum atomic E-state index is 12.3. The summed E-state index contributed by atoms with van der Waals surface area (Å²) in [5.74, 6) is 0. The zero-order chi connectivity index (χ0) is 15.8. The lowest BCUT2D eigenvalue weighted by molar-refractivity contribution is -0.137. The number of hydrogen-bond acceptors (Lipinski definition) is 2. The fraction of sp³-hybridized carbons (Fsp3) is 1.00. The van der Waals surface area contributed by atoms with Crippen LogP contribution in [0.2, 0.25) is 0 Å². The molecule has 0 aliphatic heterocycles. The first-order valence-corrected chi connectivity index (χ1v) is 7.73. The third-order valence-electron chi connectivity index (χ3n) is 4.18. The summed E-state index contributed by atoms with van der Waals surface area (Å²) in [4.78, 5) is 2.31. The van der Waals surface area contributed by atoms with Gasteiger partial charge in [0, 0.05) is 24.5 Å². The summed E-state index contributed by atoms with van der Waals surface area (Å²) in [7, 11) is 0. The summed E-state index contributed by atoms with van der Waals surface area (Å²) in [6.07, 6.45) is -1.02. The number of halogens is 3. The number of nitrogens with two attached hydrogens (primary N) is 1. The van der Waals surface area contributed by atoms with Gasteiger partial charge in [0.15, 0.2) is 0 Å². The maximum Gasteiger partial charge on any atom is 0.389 e. The zero-order valence-corrected chi connectivity index (χ0v) is 13.4. The molecule has 2 N–H and O–H groups in total. The summed E-state index contributed by atoms with van der Waals surface area (Å²) in [6, 6.07) is 0.348. The van der Waals surface area contributed by atoms with Crippen molar-refractivity contribution in [1.82, 2.24) is 4.90 Å². The van der Waals surface area contributed by atoms with Crippen LogP contribution in [-0.2, 0) is 0 Å². The summed E-state index contributed by atoms with van der Waals surface area (Å²) < 4.78 is 37.0. The molecule has 0 aromatic heterocycles. The highest BCUT2D eigenvalue weighted by Crippen LogP contribution is 2.29. The fourth-order valence-electron chi connectivity index (χ4n) is 2.60. The molecular weight excluding hydrogens is 265 g/mol. The molecule has 20 heavy (non-hydrogen) atoms. The zero-order valence-electron chi connectivity index (χ0n) is 13.4. The van der Waals surface area contributed by atoms with Crippen LogP contribution in [0.15, 0.2) is 0 Å². The molecular formula is C15H31F3N2. The van der Waals surface area contributed by atoms with Crippen molar-refractivity contribution in [3.8, 4) is 0 Å². The molecule has 0 bridgehead atoms. The quantitative estimate of drug-likeness (QED) is 0.650. The summed E-state index contributed by atoms with van der Waals surface area (Å²) in [5.41, 5.74) is 5.56. The Labute approximate surface area is 121 Å². The van der Waals surface area contributed by atoms with E-state index >= 15 is 0 Å². The Balaban J connectivity index is 4.73. The van der Waals surface area contributed by atoms with Crippen LogP contribution in [0.1, 0.15) is 66.2 Å². The average molecular weight is 296 g/mol. The van der Waals surface area contributed by atoms with Gasteiger partial charge < -0.3 is 5.73 Å². The molecule has 0 fully saturated rings. The van der Waals surface area contributed by atoms with Gasteiger partial charge in [-0.2, -0.15) is 13.2 Å². The molecule has 0 radical (unpaired) electrons. The lowest BCUT2D eigenvalue weighted by Gasteiger charge is -2.44. The van der Waals surface area contributed by atoms with Crippen LogP contribution in [0, 0.1) is 0 Å². The Morgan fingerprint density at radius 1 is 1.10 bits per heavy atom. The van der Waals surface area contributed by atoms with Crippen molar-refractivity contribution in [3.63, 3.8) is 0 Å². The van der Waals surface area contributed by atoms with E-state index in [1.165, 1.54) is 0 Å². The summed E-state index contributed by atoms with van der Waals surface area (Å²) in [6.45, 7) is 9.68. The van der Waals surface area contributed by atoms with Gasteiger partial charge >= 0.3 is 6.18 Å². The molecule has 0 heterocycles. The predicted octanol–water partition coefficient (Wildman–Crippen LogP) is 4.34. The second-order valence-electron chi connectivity index (χ2n) is 5.97. The fourth-order valence-corrected chi connectivity index (χ4v) is 2.60. The van der Waals surface area contributed by atoms with Crippen LogP contribution < -0.4 is 5.73 Å². The van der Waals surface area contributed by atoms with Gasteiger partial charge in [0.25, 0.3) is 0 Å². The molecule has 0 saturated carbocycles. The van der Waals surface area contributed by atoms with Crippen LogP contribution in [-0.4, -0.2) is 35.7 Å². The monoisotopic (exact) mass is 296 g/mol. The minimum Gasteiger partial charge on any atom is -0.329 e. The first-order chi connectivity index (χ1) is 9.20. The van der Waals surface area contributed by atoms with E-state index < -0.39 is 12.6 Å². The molecule has 0 aliphatic carbocycles. The first kappa shape index (κ1) is 19.7. The number of alkyl halides is 3. The standard InChI is InChI=1S/C15H31F3N2/c1-5-7-11-20(13(3)6-2)14(4,12-19)9-8-10-15(16,17)18/h13H,5-12,19H2,1-4H3. The molecule has 0 aromatic carbocycles. The second-order valence-corrected chi connectivity index (χ2v) is 5.97. The van der Waals surface area contributed by atoms with E-state index in [2.05, 4.69) is 25.7 Å². The van der Waals surface area contributed by atoms with Crippen molar-refractivity contribution >= 4 is 0 Å². The highest BCUT2D eigenvalue weighted by Gasteiger charge is 2.34. The molecule has 2 unspecified atom stereocenters. The highest BCUT2D eigenvalue weighted by atomic mass is 19.4. The largest absolute Gasteiger partial charge is 0.389 e. The van der Waals surface area contributed by atoms with Gasteiger partial charge in [-0.1, -0.05) is 20.3 Å². The molecule has 0 rings (SSSR count). The van der Waals surface area contributed by atoms with E-state index in [1.54, 1.807) is 0 Å². The Kier molecular flexibility index (Phi) is 8.75. The molecule has 122 valence electrons. The number of rotatable bonds is 10. The molecule has 5 heteroatoms. The van der Waals surface area contributed by atoms with Crippen LogP contribution in [0.4, 0.5) is 13.2 Å². The SMILES string of the molecule is CCCCN(C(C)CC)C(C)(CN)CCCC(F)(F)F. The van der Waals surface area contributed by atoms with Gasteiger partial charge in [-0.25, -0.2) is 0 Å². The van der Waals surface area contributed by atoms with Crippen molar-refractivity contribution in [3.05, 3.63) is 0 Å². The molecule has 0 amide bonds. The van der Waals surface area contributed by atoms with Gasteiger partial charge in [-0.3, -0.25) is 4.90 Å². The third-order valence-corrected chi connectivity index (χ3v) is 4.18. The molecule has 0 aromatic rings. The van der Waals surface area contributed by atoms with E-state index in [-0.39, 0.29) is 12.0 Å². The molecule has 2 nitrogen and oxygen atoms in total. The normalized spacial score (nSPS) is 17.2. The average Bonchev–Trinajstić information content (AvgIpc) is 2.37. The Hall–Kier alpha value is -0.290. The van der Waals surface area contributed by atoms with E-state index in [9.17, 15) is 13.2 Å². The van der Waals surface area contributed by atoms with E-state index in [4.69, 9.17) is 5.73 Å². The van der Waals surface area contributed by atoms with E-state index in [0.29, 0.717) is 19.0 Å². The molecule has 0 aliphatic rings. The van der Waals surface area contributed by atoms with Crippen molar-refractivity contribution < 1.29 is 13.2 Å². The van der Waals surface area contributed by atoms with Crippen LogP contribution in [0.3, 0.4) is 0 Å². The van der Waals surface area contributed by atoms with Crippen LogP contribution >= 0.6 is 0 Å². The minimum atomic E-state index is -4.07. The Morgan fingerprint density at radius 3 is 2.10 bits per heavy atom. The minimum absolute atomic E-state index is 0.149. The summed E-state index contributed by atoms with van der Waals surface area (Å²) in [5, 5.41) is 0. The van der Waals surface area contributed by atoms with Crippen molar-refractivity contribution in [2.75, 3.05) is 13.1 Å².